The standard InChI is InChI=1S/C24H26ClN3O2/c1-4-5-6-11-28-22(16-7-9-17(25)10-8-16)19-20(26-27-21(19)24(28)30)18-13-14(2)12-15(3)23(18)29/h7-10,12-13,22,29H,4-6,11H2,1-3H3,(H,26,27). The molecule has 1 aromatic heterocycles. The number of nitrogens with one attached hydrogen (secondary N) is 1. The number of hydrogen-bond donors (Lipinski definition) is 2. The summed E-state index contributed by atoms with van der Waals surface area (Å²) in [4.78, 5) is 15.2. The van der Waals surface area contributed by atoms with Crippen molar-refractivity contribution in [3.8, 4) is 17.0 Å². The van der Waals surface area contributed by atoms with Crippen molar-refractivity contribution in [2.75, 3.05) is 6.54 Å². The monoisotopic (exact) mass is 423 g/mol. The Morgan fingerprint density at radius 2 is 1.90 bits per heavy atom. The van der Waals surface area contributed by atoms with Gasteiger partial charge in [-0.3, -0.25) is 9.89 Å². The Labute approximate surface area is 181 Å². The highest BCUT2D eigenvalue weighted by Gasteiger charge is 2.42. The molecule has 0 bridgehead atoms. The molecule has 0 spiro atoms. The van der Waals surface area contributed by atoms with Gasteiger partial charge in [0.2, 0.25) is 0 Å². The molecule has 0 saturated heterocycles. The normalized spacial score (nSPS) is 15.7. The lowest BCUT2D eigenvalue weighted by molar-refractivity contribution is 0.0740. The molecule has 30 heavy (non-hydrogen) atoms. The van der Waals surface area contributed by atoms with Crippen LogP contribution in [0.2, 0.25) is 5.02 Å². The first kappa shape index (κ1) is 20.5. The topological polar surface area (TPSA) is 69.2 Å². The summed E-state index contributed by atoms with van der Waals surface area (Å²) in [6.45, 7) is 6.68. The number of carbonyl (C=O) groups excluding carboxylic acids is 1. The number of nitrogens with zero attached hydrogens (tertiary/aromatic N) is 2. The summed E-state index contributed by atoms with van der Waals surface area (Å²) in [5, 5.41) is 18.8. The summed E-state index contributed by atoms with van der Waals surface area (Å²) in [5.74, 6) is 0.144. The zero-order valence-corrected chi connectivity index (χ0v) is 18.3. The minimum absolute atomic E-state index is 0.0522. The Morgan fingerprint density at radius 3 is 2.60 bits per heavy atom. The van der Waals surface area contributed by atoms with E-state index in [4.69, 9.17) is 11.6 Å². The zero-order valence-electron chi connectivity index (χ0n) is 17.5. The molecular formula is C24H26ClN3O2. The number of phenols is 1. The second-order valence-electron chi connectivity index (χ2n) is 8.00. The number of aryl methyl sites for hydroxylation is 2. The van der Waals surface area contributed by atoms with Crippen molar-refractivity contribution in [3.63, 3.8) is 0 Å². The lowest BCUT2D eigenvalue weighted by Gasteiger charge is -2.26. The number of benzene rings is 2. The molecule has 1 atom stereocenters. The summed E-state index contributed by atoms with van der Waals surface area (Å²) in [7, 11) is 0. The molecular weight excluding hydrogens is 398 g/mol. The van der Waals surface area contributed by atoms with Crippen LogP contribution in [0, 0.1) is 13.8 Å². The van der Waals surface area contributed by atoms with E-state index in [1.807, 2.05) is 55.1 Å². The lowest BCUT2D eigenvalue weighted by Crippen LogP contribution is -2.30. The van der Waals surface area contributed by atoms with Gasteiger partial charge in [-0.15, -0.1) is 0 Å². The number of aromatic hydroxyl groups is 1. The molecule has 1 unspecified atom stereocenters. The molecule has 156 valence electrons. The second kappa shape index (κ2) is 8.15. The Balaban J connectivity index is 1.87. The van der Waals surface area contributed by atoms with Gasteiger partial charge in [0.15, 0.2) is 0 Å². The van der Waals surface area contributed by atoms with E-state index in [1.54, 1.807) is 0 Å². The predicted molar refractivity (Wildman–Crippen MR) is 119 cm³/mol. The van der Waals surface area contributed by atoms with E-state index in [2.05, 4.69) is 17.1 Å². The van der Waals surface area contributed by atoms with Crippen LogP contribution in [0.5, 0.6) is 5.75 Å². The van der Waals surface area contributed by atoms with Gasteiger partial charge in [-0.05, 0) is 55.2 Å². The van der Waals surface area contributed by atoms with Gasteiger partial charge >= 0.3 is 0 Å². The Hall–Kier alpha value is -2.79. The van der Waals surface area contributed by atoms with E-state index >= 15 is 0 Å². The minimum Gasteiger partial charge on any atom is -0.507 e. The van der Waals surface area contributed by atoms with Gasteiger partial charge in [-0.2, -0.15) is 5.10 Å². The van der Waals surface area contributed by atoms with Crippen molar-refractivity contribution in [1.29, 1.82) is 0 Å². The van der Waals surface area contributed by atoms with Crippen molar-refractivity contribution in [3.05, 3.63) is 69.4 Å². The quantitative estimate of drug-likeness (QED) is 0.493. The zero-order chi connectivity index (χ0) is 21.4. The summed E-state index contributed by atoms with van der Waals surface area (Å²) in [6, 6.07) is 11.2. The average molecular weight is 424 g/mol. The third kappa shape index (κ3) is 3.47. The molecule has 2 aromatic carbocycles. The van der Waals surface area contributed by atoms with Crippen molar-refractivity contribution < 1.29 is 9.90 Å². The van der Waals surface area contributed by atoms with Gasteiger partial charge < -0.3 is 10.0 Å². The van der Waals surface area contributed by atoms with E-state index < -0.39 is 0 Å². The van der Waals surface area contributed by atoms with Gasteiger partial charge in [-0.1, -0.05) is 49.6 Å². The highest BCUT2D eigenvalue weighted by molar-refractivity contribution is 6.30. The van der Waals surface area contributed by atoms with Gasteiger partial charge in [0.1, 0.15) is 17.1 Å². The second-order valence-corrected chi connectivity index (χ2v) is 8.44. The third-order valence-corrected chi connectivity index (χ3v) is 6.00. The molecule has 0 fully saturated rings. The summed E-state index contributed by atoms with van der Waals surface area (Å²) in [5.41, 5.74) is 5.39. The molecule has 2 heterocycles. The first-order valence-electron chi connectivity index (χ1n) is 10.4. The highest BCUT2D eigenvalue weighted by atomic mass is 35.5. The highest BCUT2D eigenvalue weighted by Crippen LogP contribution is 2.45. The van der Waals surface area contributed by atoms with Crippen LogP contribution in [0.15, 0.2) is 36.4 Å². The number of hydrogen-bond acceptors (Lipinski definition) is 3. The smallest absolute Gasteiger partial charge is 0.273 e. The van der Waals surface area contributed by atoms with Crippen molar-refractivity contribution >= 4 is 17.5 Å². The van der Waals surface area contributed by atoms with Crippen LogP contribution >= 0.6 is 11.6 Å². The van der Waals surface area contributed by atoms with Gasteiger partial charge in [0.05, 0.1) is 6.04 Å². The predicted octanol–water partition coefficient (Wildman–Crippen LogP) is 5.79. The van der Waals surface area contributed by atoms with Crippen molar-refractivity contribution in [2.45, 2.75) is 46.1 Å². The maximum Gasteiger partial charge on any atom is 0.273 e. The van der Waals surface area contributed by atoms with E-state index in [1.165, 1.54) is 0 Å². The number of halogens is 1. The van der Waals surface area contributed by atoms with E-state index in [0.29, 0.717) is 28.5 Å². The van der Waals surface area contributed by atoms with Crippen LogP contribution in [0.1, 0.15) is 65.0 Å². The summed E-state index contributed by atoms with van der Waals surface area (Å²) < 4.78 is 0. The summed E-state index contributed by atoms with van der Waals surface area (Å²) >= 11 is 6.12. The number of unbranched alkanes of at least 4 members (excludes halogenated alkanes) is 2. The fraction of sp³-hybridized carbons (Fsp3) is 0.333. The fourth-order valence-corrected chi connectivity index (χ4v) is 4.42. The molecule has 4 rings (SSSR count). The lowest BCUT2D eigenvalue weighted by atomic mass is 9.94. The number of amides is 1. The molecule has 2 N–H and O–H groups in total. The number of aromatic nitrogens is 2. The maximum absolute atomic E-state index is 13.3. The van der Waals surface area contributed by atoms with Gasteiger partial charge in [0, 0.05) is 22.7 Å². The molecule has 1 amide bonds. The molecule has 0 aliphatic carbocycles. The largest absolute Gasteiger partial charge is 0.507 e. The maximum atomic E-state index is 13.3. The average Bonchev–Trinajstić information content (AvgIpc) is 3.25. The van der Waals surface area contributed by atoms with E-state index in [0.717, 1.165) is 41.5 Å². The Bertz CT molecular complexity index is 1090. The first-order valence-corrected chi connectivity index (χ1v) is 10.8. The molecule has 1 aliphatic rings. The molecule has 5 nitrogen and oxygen atoms in total. The Morgan fingerprint density at radius 1 is 1.17 bits per heavy atom. The van der Waals surface area contributed by atoms with Crippen LogP contribution in [-0.4, -0.2) is 32.7 Å². The number of rotatable bonds is 6. The molecule has 1 aliphatic heterocycles. The van der Waals surface area contributed by atoms with Crippen LogP contribution in [0.25, 0.3) is 11.3 Å². The number of carbonyl (C=O) groups is 1. The Kier molecular flexibility index (Phi) is 5.56. The van der Waals surface area contributed by atoms with Crippen LogP contribution in [-0.2, 0) is 0 Å². The molecule has 6 heteroatoms. The SMILES string of the molecule is CCCCCN1C(=O)c2[nH]nc(-c3cc(C)cc(C)c3O)c2C1c1ccc(Cl)cc1. The molecule has 0 saturated carbocycles. The van der Waals surface area contributed by atoms with Crippen LogP contribution < -0.4 is 0 Å². The third-order valence-electron chi connectivity index (χ3n) is 5.75. The molecule has 3 aromatic rings. The first-order chi connectivity index (χ1) is 14.4. The van der Waals surface area contributed by atoms with Crippen LogP contribution in [0.4, 0.5) is 0 Å². The number of phenolic OH excluding ortho intramolecular Hbond substituents is 1. The van der Waals surface area contributed by atoms with Gasteiger partial charge in [0.25, 0.3) is 5.91 Å². The number of fused-ring (bicyclic) bond motifs is 1. The number of aromatic amines is 1. The minimum atomic E-state index is -0.268. The fourth-order valence-electron chi connectivity index (χ4n) is 4.30. The van der Waals surface area contributed by atoms with Crippen molar-refractivity contribution in [1.82, 2.24) is 15.1 Å². The number of H-pyrrole nitrogens is 1. The van der Waals surface area contributed by atoms with Crippen molar-refractivity contribution in [2.24, 2.45) is 0 Å². The van der Waals surface area contributed by atoms with Gasteiger partial charge in [-0.25, -0.2) is 0 Å². The van der Waals surface area contributed by atoms with E-state index in [-0.39, 0.29) is 17.7 Å². The van der Waals surface area contributed by atoms with Crippen LogP contribution in [0.3, 0.4) is 0 Å². The van der Waals surface area contributed by atoms with E-state index in [9.17, 15) is 9.90 Å². The molecule has 0 radical (unpaired) electrons. The summed E-state index contributed by atoms with van der Waals surface area (Å²) in [6.07, 6.45) is 3.09.